The first-order valence-corrected chi connectivity index (χ1v) is 7.19. The van der Waals surface area contributed by atoms with E-state index in [1.807, 2.05) is 13.1 Å². The molecule has 0 radical (unpaired) electrons. The molecule has 0 spiro atoms. The smallest absolute Gasteiger partial charge is 0.323 e. The minimum Gasteiger partial charge on any atom is -0.480 e. The van der Waals surface area contributed by atoms with Gasteiger partial charge in [-0.1, -0.05) is 18.2 Å². The first-order valence-electron chi connectivity index (χ1n) is 7.19. The zero-order chi connectivity index (χ0) is 15.7. The highest BCUT2D eigenvalue weighted by molar-refractivity contribution is 6.07. The van der Waals surface area contributed by atoms with Crippen LogP contribution in [0.3, 0.4) is 0 Å². The third-order valence-corrected chi connectivity index (χ3v) is 3.74. The number of anilines is 1. The second kappa shape index (κ2) is 5.63. The van der Waals surface area contributed by atoms with Crippen LogP contribution in [0.4, 0.5) is 5.69 Å². The van der Waals surface area contributed by atoms with Crippen molar-refractivity contribution in [3.63, 3.8) is 0 Å². The van der Waals surface area contributed by atoms with Crippen molar-refractivity contribution in [1.82, 2.24) is 9.78 Å². The molecule has 1 N–H and O–H groups in total. The highest BCUT2D eigenvalue weighted by Crippen LogP contribution is 2.40. The molecule has 22 heavy (non-hydrogen) atoms. The van der Waals surface area contributed by atoms with E-state index in [1.165, 1.54) is 4.90 Å². The maximum absolute atomic E-state index is 12.7. The fourth-order valence-electron chi connectivity index (χ4n) is 2.51. The number of amides is 1. The van der Waals surface area contributed by atoms with Crippen molar-refractivity contribution in [1.29, 1.82) is 0 Å². The van der Waals surface area contributed by atoms with Gasteiger partial charge in [0, 0.05) is 24.3 Å². The number of aromatic nitrogens is 2. The Hall–Kier alpha value is -2.63. The Bertz CT molecular complexity index is 705. The molecule has 1 aliphatic carbocycles. The SMILES string of the molecule is Cn1nc(C(=O)N(CC(=O)O)c2ccccc2)cc1C1CC1. The molecule has 1 saturated carbocycles. The van der Waals surface area contributed by atoms with Crippen LogP contribution in [0.5, 0.6) is 0 Å². The molecule has 6 heteroatoms. The summed E-state index contributed by atoms with van der Waals surface area (Å²) in [6, 6.07) is 10.6. The molecule has 0 aliphatic heterocycles. The predicted molar refractivity (Wildman–Crippen MR) is 80.9 cm³/mol. The fraction of sp³-hybridized carbons (Fsp3) is 0.312. The molecule has 0 saturated heterocycles. The molecule has 114 valence electrons. The number of carboxylic acids is 1. The van der Waals surface area contributed by atoms with Gasteiger partial charge in [-0.05, 0) is 31.0 Å². The summed E-state index contributed by atoms with van der Waals surface area (Å²) in [4.78, 5) is 25.0. The number of carbonyl (C=O) groups is 2. The Labute approximate surface area is 128 Å². The van der Waals surface area contributed by atoms with Crippen molar-refractivity contribution < 1.29 is 14.7 Å². The Morgan fingerprint density at radius 3 is 2.59 bits per heavy atom. The highest BCUT2D eigenvalue weighted by atomic mass is 16.4. The molecule has 1 aromatic heterocycles. The molecule has 3 rings (SSSR count). The number of hydrogen-bond donors (Lipinski definition) is 1. The Morgan fingerprint density at radius 1 is 1.32 bits per heavy atom. The van der Waals surface area contributed by atoms with E-state index >= 15 is 0 Å². The van der Waals surface area contributed by atoms with Crippen LogP contribution in [0.25, 0.3) is 0 Å². The van der Waals surface area contributed by atoms with Crippen LogP contribution in [0.1, 0.15) is 34.9 Å². The molecule has 0 bridgehead atoms. The topological polar surface area (TPSA) is 75.4 Å². The summed E-state index contributed by atoms with van der Waals surface area (Å²) < 4.78 is 1.72. The van der Waals surface area contributed by atoms with E-state index in [4.69, 9.17) is 5.11 Å². The molecule has 1 amide bonds. The Balaban J connectivity index is 1.91. The lowest BCUT2D eigenvalue weighted by Crippen LogP contribution is -2.36. The number of carboxylic acid groups (broad SMARTS) is 1. The quantitative estimate of drug-likeness (QED) is 0.916. The molecular formula is C16H17N3O3. The van der Waals surface area contributed by atoms with Gasteiger partial charge in [-0.15, -0.1) is 0 Å². The van der Waals surface area contributed by atoms with E-state index in [0.29, 0.717) is 11.6 Å². The largest absolute Gasteiger partial charge is 0.480 e. The lowest BCUT2D eigenvalue weighted by molar-refractivity contribution is -0.135. The molecule has 1 aliphatic rings. The standard InChI is InChI=1S/C16H17N3O3/c1-18-14(11-7-8-11)9-13(17-18)16(22)19(10-15(20)21)12-5-3-2-4-6-12/h2-6,9,11H,7-8,10H2,1H3,(H,20,21). The summed E-state index contributed by atoms with van der Waals surface area (Å²) in [5.41, 5.74) is 1.87. The lowest BCUT2D eigenvalue weighted by Gasteiger charge is -2.19. The molecule has 0 unspecified atom stereocenters. The van der Waals surface area contributed by atoms with Crippen LogP contribution in [-0.4, -0.2) is 33.3 Å². The summed E-state index contributed by atoms with van der Waals surface area (Å²) >= 11 is 0. The van der Waals surface area contributed by atoms with Gasteiger partial charge in [0.25, 0.3) is 5.91 Å². The van der Waals surface area contributed by atoms with Crippen LogP contribution < -0.4 is 4.90 Å². The van der Waals surface area contributed by atoms with Gasteiger partial charge in [-0.25, -0.2) is 0 Å². The molecule has 1 fully saturated rings. The number of carbonyl (C=O) groups excluding carboxylic acids is 1. The minimum atomic E-state index is -1.06. The normalized spacial score (nSPS) is 13.9. The van der Waals surface area contributed by atoms with Crippen LogP contribution >= 0.6 is 0 Å². The highest BCUT2D eigenvalue weighted by Gasteiger charge is 2.30. The van der Waals surface area contributed by atoms with Gasteiger partial charge in [0.1, 0.15) is 6.54 Å². The Morgan fingerprint density at radius 2 is 2.00 bits per heavy atom. The maximum Gasteiger partial charge on any atom is 0.323 e. The minimum absolute atomic E-state index is 0.287. The van der Waals surface area contributed by atoms with Crippen LogP contribution in [-0.2, 0) is 11.8 Å². The van der Waals surface area contributed by atoms with Crippen molar-refractivity contribution in [2.24, 2.45) is 7.05 Å². The zero-order valence-electron chi connectivity index (χ0n) is 12.3. The number of para-hydroxylation sites is 1. The van der Waals surface area contributed by atoms with E-state index in [1.54, 1.807) is 35.0 Å². The monoisotopic (exact) mass is 299 g/mol. The number of rotatable bonds is 5. The molecule has 1 heterocycles. The second-order valence-corrected chi connectivity index (χ2v) is 5.47. The van der Waals surface area contributed by atoms with E-state index < -0.39 is 18.4 Å². The average Bonchev–Trinajstić information content (AvgIpc) is 3.27. The number of benzene rings is 1. The van der Waals surface area contributed by atoms with Crippen molar-refractivity contribution in [2.45, 2.75) is 18.8 Å². The molecule has 6 nitrogen and oxygen atoms in total. The van der Waals surface area contributed by atoms with Crippen LogP contribution in [0.15, 0.2) is 36.4 Å². The first kappa shape index (κ1) is 14.3. The van der Waals surface area contributed by atoms with Gasteiger partial charge in [0.2, 0.25) is 0 Å². The Kier molecular flexibility index (Phi) is 3.66. The summed E-state index contributed by atoms with van der Waals surface area (Å²) in [7, 11) is 1.81. The number of aliphatic carboxylic acids is 1. The van der Waals surface area contributed by atoms with Crippen molar-refractivity contribution in [3.05, 3.63) is 47.8 Å². The van der Waals surface area contributed by atoms with Gasteiger partial charge in [0.05, 0.1) is 0 Å². The number of nitrogens with zero attached hydrogens (tertiary/aromatic N) is 3. The van der Waals surface area contributed by atoms with E-state index in [9.17, 15) is 9.59 Å². The van der Waals surface area contributed by atoms with Gasteiger partial charge in [0.15, 0.2) is 5.69 Å². The van der Waals surface area contributed by atoms with Gasteiger partial charge >= 0.3 is 5.97 Å². The van der Waals surface area contributed by atoms with Gasteiger partial charge < -0.3 is 5.11 Å². The van der Waals surface area contributed by atoms with Crippen molar-refractivity contribution in [2.75, 3.05) is 11.4 Å². The van der Waals surface area contributed by atoms with Crippen molar-refractivity contribution in [3.8, 4) is 0 Å². The molecule has 1 aromatic carbocycles. The maximum atomic E-state index is 12.7. The van der Waals surface area contributed by atoms with Gasteiger partial charge in [-0.2, -0.15) is 5.10 Å². The summed E-state index contributed by atoms with van der Waals surface area (Å²) in [6.07, 6.45) is 2.23. The van der Waals surface area contributed by atoms with Crippen LogP contribution in [0.2, 0.25) is 0 Å². The van der Waals surface area contributed by atoms with Crippen molar-refractivity contribution >= 4 is 17.6 Å². The third kappa shape index (κ3) is 2.86. The second-order valence-electron chi connectivity index (χ2n) is 5.47. The molecular weight excluding hydrogens is 282 g/mol. The average molecular weight is 299 g/mol. The van der Waals surface area contributed by atoms with E-state index in [0.717, 1.165) is 18.5 Å². The summed E-state index contributed by atoms with van der Waals surface area (Å²) in [5, 5.41) is 13.3. The lowest BCUT2D eigenvalue weighted by atomic mass is 10.2. The zero-order valence-corrected chi connectivity index (χ0v) is 12.3. The number of aryl methyl sites for hydroxylation is 1. The number of hydrogen-bond acceptors (Lipinski definition) is 3. The predicted octanol–water partition coefficient (Wildman–Crippen LogP) is 2.03. The fourth-order valence-corrected chi connectivity index (χ4v) is 2.51. The van der Waals surface area contributed by atoms with E-state index in [-0.39, 0.29) is 5.69 Å². The third-order valence-electron chi connectivity index (χ3n) is 3.74. The van der Waals surface area contributed by atoms with Crippen LogP contribution in [0, 0.1) is 0 Å². The van der Waals surface area contributed by atoms with Gasteiger partial charge in [-0.3, -0.25) is 19.2 Å². The van der Waals surface area contributed by atoms with E-state index in [2.05, 4.69) is 5.10 Å². The molecule has 0 atom stereocenters. The summed E-state index contributed by atoms with van der Waals surface area (Å²) in [6.45, 7) is -0.391. The summed E-state index contributed by atoms with van der Waals surface area (Å²) in [5.74, 6) is -0.977. The molecule has 2 aromatic rings. The first-order chi connectivity index (χ1) is 10.6.